The summed E-state index contributed by atoms with van der Waals surface area (Å²) < 4.78 is 11.6. The van der Waals surface area contributed by atoms with Gasteiger partial charge in [0.25, 0.3) is 0 Å². The molecule has 7 nitrogen and oxygen atoms in total. The minimum absolute atomic E-state index is 0.230. The lowest BCUT2D eigenvalue weighted by Gasteiger charge is -2.09. The number of aromatic nitrogens is 3. The molecule has 2 aromatic heterocycles. The van der Waals surface area contributed by atoms with Gasteiger partial charge in [-0.2, -0.15) is 5.26 Å². The van der Waals surface area contributed by atoms with Gasteiger partial charge in [-0.25, -0.2) is 15.0 Å². The third kappa shape index (κ3) is 2.21. The fourth-order valence-corrected chi connectivity index (χ4v) is 3.69. The van der Waals surface area contributed by atoms with E-state index < -0.39 is 0 Å². The van der Waals surface area contributed by atoms with Crippen LogP contribution < -0.4 is 14.8 Å². The highest BCUT2D eigenvalue weighted by Gasteiger charge is 2.16. The second-order valence-corrected chi connectivity index (χ2v) is 6.35. The van der Waals surface area contributed by atoms with E-state index in [1.165, 1.54) is 17.7 Å². The largest absolute Gasteiger partial charge is 0.454 e. The summed E-state index contributed by atoms with van der Waals surface area (Å²) in [4.78, 5) is 13.0. The van der Waals surface area contributed by atoms with Crippen molar-refractivity contribution in [1.29, 1.82) is 5.26 Å². The summed E-state index contributed by atoms with van der Waals surface area (Å²) in [5, 5.41) is 13.7. The van der Waals surface area contributed by atoms with Crippen molar-refractivity contribution in [1.82, 2.24) is 15.0 Å². The van der Waals surface area contributed by atoms with E-state index >= 15 is 0 Å². The molecule has 5 rings (SSSR count). The standard InChI is InChI=1S/C17H9N5O2S/c18-6-14-22-11-3-2-10-15(16(11)25-14)17(20-7-19-10)21-9-1-4-12-13(5-9)24-8-23-12/h1-5,7H,8H2,(H,19,20,21). The van der Waals surface area contributed by atoms with E-state index in [2.05, 4.69) is 26.3 Å². The molecule has 0 atom stereocenters. The minimum Gasteiger partial charge on any atom is -0.454 e. The van der Waals surface area contributed by atoms with Crippen LogP contribution in [-0.2, 0) is 0 Å². The monoisotopic (exact) mass is 347 g/mol. The lowest BCUT2D eigenvalue weighted by molar-refractivity contribution is 0.174. The van der Waals surface area contributed by atoms with E-state index in [9.17, 15) is 0 Å². The lowest BCUT2D eigenvalue weighted by atomic mass is 10.2. The van der Waals surface area contributed by atoms with Gasteiger partial charge in [-0.15, -0.1) is 11.3 Å². The Morgan fingerprint density at radius 3 is 2.88 bits per heavy atom. The second kappa shape index (κ2) is 5.29. The molecule has 0 amide bonds. The van der Waals surface area contributed by atoms with Crippen LogP contribution in [0.1, 0.15) is 5.01 Å². The highest BCUT2D eigenvalue weighted by molar-refractivity contribution is 7.20. The van der Waals surface area contributed by atoms with Crippen LogP contribution in [0.3, 0.4) is 0 Å². The van der Waals surface area contributed by atoms with E-state index in [0.717, 1.165) is 32.6 Å². The summed E-state index contributed by atoms with van der Waals surface area (Å²) in [7, 11) is 0. The Morgan fingerprint density at radius 1 is 1.08 bits per heavy atom. The summed E-state index contributed by atoms with van der Waals surface area (Å²) in [6.07, 6.45) is 1.51. The van der Waals surface area contributed by atoms with Crippen LogP contribution in [0, 0.1) is 11.3 Å². The number of nitriles is 1. The Kier molecular flexibility index (Phi) is 2.95. The topological polar surface area (TPSA) is 93.0 Å². The molecule has 3 heterocycles. The third-order valence-corrected chi connectivity index (χ3v) is 4.88. The molecule has 120 valence electrons. The number of rotatable bonds is 2. The van der Waals surface area contributed by atoms with Crippen molar-refractivity contribution >= 4 is 44.0 Å². The SMILES string of the molecule is N#Cc1nc2ccc3ncnc(Nc4ccc5c(c4)OCO5)c3c2s1. The Morgan fingerprint density at radius 2 is 1.96 bits per heavy atom. The van der Waals surface area contributed by atoms with Gasteiger partial charge in [0.05, 0.1) is 21.1 Å². The first-order chi connectivity index (χ1) is 12.3. The molecular formula is C17H9N5O2S. The Balaban J connectivity index is 1.68. The lowest BCUT2D eigenvalue weighted by Crippen LogP contribution is -1.96. The molecule has 0 fully saturated rings. The highest BCUT2D eigenvalue weighted by Crippen LogP contribution is 2.37. The molecule has 8 heteroatoms. The Labute approximate surface area is 145 Å². The molecule has 25 heavy (non-hydrogen) atoms. The molecule has 1 aliphatic rings. The fourth-order valence-electron chi connectivity index (χ4n) is 2.78. The average Bonchev–Trinajstić information content (AvgIpc) is 3.27. The van der Waals surface area contributed by atoms with Crippen molar-refractivity contribution in [3.8, 4) is 17.6 Å². The van der Waals surface area contributed by atoms with E-state index in [1.54, 1.807) is 0 Å². The van der Waals surface area contributed by atoms with Gasteiger partial charge in [0.15, 0.2) is 16.5 Å². The van der Waals surface area contributed by atoms with Gasteiger partial charge in [0.1, 0.15) is 18.2 Å². The van der Waals surface area contributed by atoms with Gasteiger partial charge in [-0.3, -0.25) is 0 Å². The van der Waals surface area contributed by atoms with Gasteiger partial charge in [-0.1, -0.05) is 0 Å². The van der Waals surface area contributed by atoms with E-state index in [-0.39, 0.29) is 6.79 Å². The number of nitrogens with zero attached hydrogens (tertiary/aromatic N) is 4. The molecule has 0 radical (unpaired) electrons. The van der Waals surface area contributed by atoms with Gasteiger partial charge >= 0.3 is 0 Å². The number of ether oxygens (including phenoxy) is 2. The zero-order chi connectivity index (χ0) is 16.8. The Bertz CT molecular complexity index is 1180. The maximum Gasteiger partial charge on any atom is 0.231 e. The van der Waals surface area contributed by atoms with Crippen LogP contribution in [0.4, 0.5) is 11.5 Å². The molecule has 2 aromatic carbocycles. The quantitative estimate of drug-likeness (QED) is 0.592. The molecule has 0 bridgehead atoms. The minimum atomic E-state index is 0.230. The maximum atomic E-state index is 9.13. The van der Waals surface area contributed by atoms with E-state index in [4.69, 9.17) is 14.7 Å². The molecule has 0 unspecified atom stereocenters. The van der Waals surface area contributed by atoms with Crippen LogP contribution >= 0.6 is 11.3 Å². The van der Waals surface area contributed by atoms with Gasteiger partial charge in [0.2, 0.25) is 6.79 Å². The zero-order valence-electron chi connectivity index (χ0n) is 12.7. The average molecular weight is 347 g/mol. The number of hydrogen-bond acceptors (Lipinski definition) is 8. The predicted molar refractivity (Wildman–Crippen MR) is 93.3 cm³/mol. The van der Waals surface area contributed by atoms with Crippen LogP contribution in [0.2, 0.25) is 0 Å². The maximum absolute atomic E-state index is 9.13. The predicted octanol–water partition coefficient (Wildman–Crippen LogP) is 3.58. The van der Waals surface area contributed by atoms with Crippen molar-refractivity contribution in [3.63, 3.8) is 0 Å². The van der Waals surface area contributed by atoms with Crippen LogP contribution in [0.25, 0.3) is 21.1 Å². The summed E-state index contributed by atoms with van der Waals surface area (Å²) >= 11 is 1.33. The van der Waals surface area contributed by atoms with Crippen LogP contribution in [-0.4, -0.2) is 21.7 Å². The molecule has 0 spiro atoms. The van der Waals surface area contributed by atoms with Crippen LogP contribution in [0.15, 0.2) is 36.7 Å². The summed E-state index contributed by atoms with van der Waals surface area (Å²) in [6.45, 7) is 0.230. The third-order valence-electron chi connectivity index (χ3n) is 3.89. The van der Waals surface area contributed by atoms with Gasteiger partial charge in [-0.05, 0) is 24.3 Å². The van der Waals surface area contributed by atoms with Gasteiger partial charge < -0.3 is 14.8 Å². The summed E-state index contributed by atoms with van der Waals surface area (Å²) in [5.41, 5.74) is 2.38. The second-order valence-electron chi connectivity index (χ2n) is 5.35. The Hall–Kier alpha value is -3.44. The van der Waals surface area contributed by atoms with Gasteiger partial charge in [0, 0.05) is 11.8 Å². The normalized spacial score (nSPS) is 12.4. The number of benzene rings is 2. The molecule has 4 aromatic rings. The summed E-state index contributed by atoms with van der Waals surface area (Å²) in [6, 6.07) is 11.5. The number of thiazole rings is 1. The molecule has 1 aliphatic heterocycles. The van der Waals surface area contributed by atoms with Crippen molar-refractivity contribution in [2.75, 3.05) is 12.1 Å². The zero-order valence-corrected chi connectivity index (χ0v) is 13.5. The molecule has 0 saturated carbocycles. The first-order valence-electron chi connectivity index (χ1n) is 7.43. The molecule has 0 aliphatic carbocycles. The molecular weight excluding hydrogens is 338 g/mol. The van der Waals surface area contributed by atoms with E-state index in [0.29, 0.717) is 16.6 Å². The van der Waals surface area contributed by atoms with Crippen molar-refractivity contribution in [2.24, 2.45) is 0 Å². The van der Waals surface area contributed by atoms with Crippen molar-refractivity contribution in [3.05, 3.63) is 41.7 Å². The number of nitrogens with one attached hydrogen (secondary N) is 1. The van der Waals surface area contributed by atoms with Crippen molar-refractivity contribution in [2.45, 2.75) is 0 Å². The molecule has 0 saturated heterocycles. The number of anilines is 2. The van der Waals surface area contributed by atoms with Crippen LogP contribution in [0.5, 0.6) is 11.5 Å². The van der Waals surface area contributed by atoms with E-state index in [1.807, 2.05) is 30.3 Å². The fraction of sp³-hybridized carbons (Fsp3) is 0.0588. The smallest absolute Gasteiger partial charge is 0.231 e. The number of hydrogen-bond donors (Lipinski definition) is 1. The summed E-state index contributed by atoms with van der Waals surface area (Å²) in [5.74, 6) is 2.07. The highest BCUT2D eigenvalue weighted by atomic mass is 32.1. The first kappa shape index (κ1) is 13.9. The molecule has 1 N–H and O–H groups in total. The number of fused-ring (bicyclic) bond motifs is 4. The van der Waals surface area contributed by atoms with Crippen molar-refractivity contribution < 1.29 is 9.47 Å². The first-order valence-corrected chi connectivity index (χ1v) is 8.24.